The van der Waals surface area contributed by atoms with E-state index < -0.39 is 4.92 Å². The van der Waals surface area contributed by atoms with Crippen molar-refractivity contribution in [2.24, 2.45) is 0 Å². The van der Waals surface area contributed by atoms with E-state index >= 15 is 0 Å². The molecular weight excluding hydrogens is 250 g/mol. The maximum Gasteiger partial charge on any atom is 0.275 e. The summed E-state index contributed by atoms with van der Waals surface area (Å²) in [5, 5.41) is 15.9. The Morgan fingerprint density at radius 1 is 1.50 bits per heavy atom. The van der Waals surface area contributed by atoms with E-state index in [0.717, 1.165) is 17.8 Å². The standard InChI is InChI=1S/C12H13N3O2S/c1-2-5-13-12-8-9(15(16)17)7-10(14-12)11-4-3-6-18-11/h3-4,6-8H,2,5H2,1H3,(H,13,14). The molecule has 2 aromatic heterocycles. The van der Waals surface area contributed by atoms with Crippen LogP contribution in [0, 0.1) is 10.1 Å². The highest BCUT2D eigenvalue weighted by atomic mass is 32.1. The summed E-state index contributed by atoms with van der Waals surface area (Å²) in [5.74, 6) is 0.550. The number of nitrogens with one attached hydrogen (secondary N) is 1. The van der Waals surface area contributed by atoms with Crippen molar-refractivity contribution in [3.8, 4) is 10.6 Å². The lowest BCUT2D eigenvalue weighted by atomic mass is 10.2. The summed E-state index contributed by atoms with van der Waals surface area (Å²) < 4.78 is 0. The molecule has 0 fully saturated rings. The van der Waals surface area contributed by atoms with E-state index in [4.69, 9.17) is 0 Å². The third-order valence-electron chi connectivity index (χ3n) is 2.35. The minimum atomic E-state index is -0.393. The lowest BCUT2D eigenvalue weighted by Gasteiger charge is -2.05. The molecule has 2 rings (SSSR count). The summed E-state index contributed by atoms with van der Waals surface area (Å²) in [6, 6.07) is 6.77. The number of hydrogen-bond donors (Lipinski definition) is 1. The molecule has 5 nitrogen and oxygen atoms in total. The molecule has 1 N–H and O–H groups in total. The minimum absolute atomic E-state index is 0.0620. The van der Waals surface area contributed by atoms with Crippen LogP contribution in [-0.2, 0) is 0 Å². The van der Waals surface area contributed by atoms with Crippen LogP contribution < -0.4 is 5.32 Å². The van der Waals surface area contributed by atoms with Gasteiger partial charge in [0, 0.05) is 12.6 Å². The Hall–Kier alpha value is -1.95. The summed E-state index contributed by atoms with van der Waals surface area (Å²) in [6.07, 6.45) is 0.943. The molecule has 0 radical (unpaired) electrons. The first-order chi connectivity index (χ1) is 8.70. The second kappa shape index (κ2) is 5.59. The predicted molar refractivity (Wildman–Crippen MR) is 73.0 cm³/mol. The number of hydrogen-bond acceptors (Lipinski definition) is 5. The maximum atomic E-state index is 10.9. The summed E-state index contributed by atoms with van der Waals surface area (Å²) in [6.45, 7) is 2.78. The van der Waals surface area contributed by atoms with Gasteiger partial charge in [-0.3, -0.25) is 10.1 Å². The molecule has 2 heterocycles. The van der Waals surface area contributed by atoms with Crippen LogP contribution >= 0.6 is 11.3 Å². The van der Waals surface area contributed by atoms with Gasteiger partial charge in [-0.15, -0.1) is 11.3 Å². The molecule has 0 bridgehead atoms. The number of anilines is 1. The van der Waals surface area contributed by atoms with E-state index in [9.17, 15) is 10.1 Å². The smallest absolute Gasteiger partial charge is 0.275 e. The number of aromatic nitrogens is 1. The van der Waals surface area contributed by atoms with Gasteiger partial charge in [-0.25, -0.2) is 4.98 Å². The zero-order valence-corrected chi connectivity index (χ0v) is 10.7. The summed E-state index contributed by atoms with van der Waals surface area (Å²) >= 11 is 1.52. The minimum Gasteiger partial charge on any atom is -0.370 e. The molecule has 0 saturated heterocycles. The first-order valence-electron chi connectivity index (χ1n) is 5.65. The first kappa shape index (κ1) is 12.5. The Kier molecular flexibility index (Phi) is 3.88. The molecule has 0 aliphatic carbocycles. The molecular formula is C12H13N3O2S. The number of rotatable bonds is 5. The van der Waals surface area contributed by atoms with E-state index in [1.165, 1.54) is 23.5 Å². The largest absolute Gasteiger partial charge is 0.370 e. The Labute approximate surface area is 109 Å². The van der Waals surface area contributed by atoms with Crippen LogP contribution in [0.5, 0.6) is 0 Å². The van der Waals surface area contributed by atoms with Crippen LogP contribution in [0.25, 0.3) is 10.6 Å². The van der Waals surface area contributed by atoms with Crippen molar-refractivity contribution in [3.63, 3.8) is 0 Å². The zero-order chi connectivity index (χ0) is 13.0. The number of nitro groups is 1. The average molecular weight is 263 g/mol. The van der Waals surface area contributed by atoms with Crippen molar-refractivity contribution in [1.82, 2.24) is 4.98 Å². The fraction of sp³-hybridized carbons (Fsp3) is 0.250. The summed E-state index contributed by atoms with van der Waals surface area (Å²) in [4.78, 5) is 15.8. The number of pyridine rings is 1. The van der Waals surface area contributed by atoms with Crippen LogP contribution in [0.15, 0.2) is 29.6 Å². The molecule has 0 aromatic carbocycles. The van der Waals surface area contributed by atoms with Crippen LogP contribution in [0.1, 0.15) is 13.3 Å². The lowest BCUT2D eigenvalue weighted by molar-refractivity contribution is -0.384. The van der Waals surface area contributed by atoms with Crippen LogP contribution in [0.3, 0.4) is 0 Å². The van der Waals surface area contributed by atoms with Crippen molar-refractivity contribution in [2.75, 3.05) is 11.9 Å². The highest BCUT2D eigenvalue weighted by Crippen LogP contribution is 2.28. The van der Waals surface area contributed by atoms with Gasteiger partial charge < -0.3 is 5.32 Å². The Balaban J connectivity index is 2.40. The Morgan fingerprint density at radius 2 is 2.33 bits per heavy atom. The molecule has 0 amide bonds. The van der Waals surface area contributed by atoms with Gasteiger partial charge in [-0.2, -0.15) is 0 Å². The van der Waals surface area contributed by atoms with Gasteiger partial charge >= 0.3 is 0 Å². The van der Waals surface area contributed by atoms with Crippen molar-refractivity contribution in [1.29, 1.82) is 0 Å². The maximum absolute atomic E-state index is 10.9. The molecule has 0 saturated carbocycles. The number of thiophene rings is 1. The molecule has 0 unspecified atom stereocenters. The monoisotopic (exact) mass is 263 g/mol. The average Bonchev–Trinajstić information content (AvgIpc) is 2.89. The molecule has 0 atom stereocenters. The SMILES string of the molecule is CCCNc1cc([N+](=O)[O-])cc(-c2cccs2)n1. The highest BCUT2D eigenvalue weighted by Gasteiger charge is 2.12. The van der Waals surface area contributed by atoms with Crippen molar-refractivity contribution in [3.05, 3.63) is 39.8 Å². The molecule has 18 heavy (non-hydrogen) atoms. The molecule has 6 heteroatoms. The zero-order valence-electron chi connectivity index (χ0n) is 9.92. The van der Waals surface area contributed by atoms with Crippen LogP contribution in [0.2, 0.25) is 0 Å². The van der Waals surface area contributed by atoms with Gasteiger partial charge in [0.05, 0.1) is 21.6 Å². The topological polar surface area (TPSA) is 68.1 Å². The lowest BCUT2D eigenvalue weighted by Crippen LogP contribution is -2.03. The molecule has 2 aromatic rings. The Morgan fingerprint density at radius 3 is 2.94 bits per heavy atom. The predicted octanol–water partition coefficient (Wildman–Crippen LogP) is 3.54. The number of nitrogens with zero attached hydrogens (tertiary/aromatic N) is 2. The van der Waals surface area contributed by atoms with Gasteiger partial charge in [-0.1, -0.05) is 13.0 Å². The van der Waals surface area contributed by atoms with E-state index in [1.54, 1.807) is 0 Å². The summed E-state index contributed by atoms with van der Waals surface area (Å²) in [5.41, 5.74) is 0.699. The molecule has 0 aliphatic rings. The van der Waals surface area contributed by atoms with E-state index in [2.05, 4.69) is 10.3 Å². The highest BCUT2D eigenvalue weighted by molar-refractivity contribution is 7.13. The fourth-order valence-corrected chi connectivity index (χ4v) is 2.20. The van der Waals surface area contributed by atoms with Gasteiger partial charge in [0.15, 0.2) is 0 Å². The Bertz CT molecular complexity index is 540. The van der Waals surface area contributed by atoms with E-state index in [-0.39, 0.29) is 5.69 Å². The second-order valence-corrected chi connectivity index (χ2v) is 4.70. The van der Waals surface area contributed by atoms with Crippen molar-refractivity contribution < 1.29 is 4.92 Å². The van der Waals surface area contributed by atoms with Gasteiger partial charge in [0.2, 0.25) is 0 Å². The van der Waals surface area contributed by atoms with Gasteiger partial charge in [-0.05, 0) is 17.9 Å². The molecule has 0 spiro atoms. The van der Waals surface area contributed by atoms with E-state index in [1.807, 2.05) is 24.4 Å². The van der Waals surface area contributed by atoms with Crippen LogP contribution in [-0.4, -0.2) is 16.5 Å². The third-order valence-corrected chi connectivity index (χ3v) is 3.24. The molecule has 94 valence electrons. The van der Waals surface area contributed by atoms with Gasteiger partial charge in [0.1, 0.15) is 5.82 Å². The second-order valence-electron chi connectivity index (χ2n) is 3.76. The first-order valence-corrected chi connectivity index (χ1v) is 6.53. The summed E-state index contributed by atoms with van der Waals surface area (Å²) in [7, 11) is 0. The normalized spacial score (nSPS) is 10.3. The quantitative estimate of drug-likeness (QED) is 0.661. The van der Waals surface area contributed by atoms with Crippen molar-refractivity contribution >= 4 is 22.8 Å². The van der Waals surface area contributed by atoms with Gasteiger partial charge in [0.25, 0.3) is 5.69 Å². The van der Waals surface area contributed by atoms with Crippen molar-refractivity contribution in [2.45, 2.75) is 13.3 Å². The van der Waals surface area contributed by atoms with Crippen LogP contribution in [0.4, 0.5) is 11.5 Å². The van der Waals surface area contributed by atoms with E-state index in [0.29, 0.717) is 11.5 Å². The molecule has 0 aliphatic heterocycles. The fourth-order valence-electron chi connectivity index (χ4n) is 1.52. The third kappa shape index (κ3) is 2.84.